The zero-order chi connectivity index (χ0) is 16.8. The van der Waals surface area contributed by atoms with Gasteiger partial charge in [-0.3, -0.25) is 9.48 Å². The van der Waals surface area contributed by atoms with E-state index in [1.165, 1.54) is 0 Å². The second-order valence-electron chi connectivity index (χ2n) is 5.33. The summed E-state index contributed by atoms with van der Waals surface area (Å²) in [4.78, 5) is 12.4. The summed E-state index contributed by atoms with van der Waals surface area (Å²) >= 11 is 0. The molecule has 1 heterocycles. The quantitative estimate of drug-likeness (QED) is 0.736. The normalized spacial score (nSPS) is 10.1. The van der Waals surface area contributed by atoms with E-state index < -0.39 is 0 Å². The third-order valence-corrected chi connectivity index (χ3v) is 3.59. The summed E-state index contributed by atoms with van der Waals surface area (Å²) in [6, 6.07) is 19.7. The molecule has 2 aromatic carbocycles. The van der Waals surface area contributed by atoms with Gasteiger partial charge in [0.25, 0.3) is 5.91 Å². The van der Waals surface area contributed by atoms with E-state index in [1.54, 1.807) is 10.9 Å². The average Bonchev–Trinajstić information content (AvgIpc) is 3.05. The van der Waals surface area contributed by atoms with E-state index >= 15 is 0 Å². The molecule has 0 aliphatic rings. The van der Waals surface area contributed by atoms with Crippen LogP contribution in [0.3, 0.4) is 0 Å². The Bertz CT molecular complexity index is 861. The lowest BCUT2D eigenvalue weighted by Crippen LogP contribution is -2.23. The summed E-state index contributed by atoms with van der Waals surface area (Å²) in [6.45, 7) is 0.792. The van der Waals surface area contributed by atoms with Gasteiger partial charge >= 0.3 is 0 Å². The van der Waals surface area contributed by atoms with Crippen molar-refractivity contribution < 1.29 is 4.79 Å². The lowest BCUT2D eigenvalue weighted by Gasteiger charge is -2.02. The molecule has 0 fully saturated rings. The number of hydrogen-bond acceptors (Lipinski definition) is 2. The number of nitrogens with one attached hydrogen (secondary N) is 1. The number of rotatable bonds is 5. The smallest absolute Gasteiger partial charge is 0.255 e. The van der Waals surface area contributed by atoms with Crippen molar-refractivity contribution in [3.63, 3.8) is 0 Å². The van der Waals surface area contributed by atoms with Gasteiger partial charge in [-0.25, -0.2) is 0 Å². The second kappa shape index (κ2) is 7.30. The summed E-state index contributed by atoms with van der Waals surface area (Å²) in [5.74, 6) is 2.20. The van der Waals surface area contributed by atoms with Gasteiger partial charge < -0.3 is 5.32 Å². The minimum Gasteiger partial charge on any atom is -0.341 e. The Morgan fingerprint density at radius 3 is 2.42 bits per heavy atom. The molecule has 1 amide bonds. The molecule has 0 spiro atoms. The minimum atomic E-state index is -0.217. The molecular weight excluding hydrogens is 298 g/mol. The molecule has 3 aromatic rings. The monoisotopic (exact) mass is 315 g/mol. The van der Waals surface area contributed by atoms with E-state index in [0.29, 0.717) is 17.8 Å². The van der Waals surface area contributed by atoms with Crippen molar-refractivity contribution >= 4 is 5.91 Å². The third kappa shape index (κ3) is 3.53. The molecule has 0 aliphatic heterocycles. The number of aromatic nitrogens is 2. The van der Waals surface area contributed by atoms with E-state index in [9.17, 15) is 4.79 Å². The SMILES string of the molecule is C#CCNC(=O)c1cn(Cc2ccccc2)nc1-c1ccccc1. The van der Waals surface area contributed by atoms with Gasteiger partial charge in [0.2, 0.25) is 0 Å². The summed E-state index contributed by atoms with van der Waals surface area (Å²) in [5.41, 5.74) is 3.19. The maximum Gasteiger partial charge on any atom is 0.255 e. The van der Waals surface area contributed by atoms with Crippen molar-refractivity contribution in [1.82, 2.24) is 15.1 Å². The molecule has 1 aromatic heterocycles. The van der Waals surface area contributed by atoms with Gasteiger partial charge in [-0.2, -0.15) is 5.10 Å². The molecular formula is C20H17N3O. The third-order valence-electron chi connectivity index (χ3n) is 3.59. The van der Waals surface area contributed by atoms with E-state index in [-0.39, 0.29) is 12.5 Å². The average molecular weight is 315 g/mol. The zero-order valence-electron chi connectivity index (χ0n) is 13.1. The molecule has 24 heavy (non-hydrogen) atoms. The van der Waals surface area contributed by atoms with Gasteiger partial charge in [0.15, 0.2) is 0 Å². The lowest BCUT2D eigenvalue weighted by molar-refractivity contribution is 0.0959. The summed E-state index contributed by atoms with van der Waals surface area (Å²) in [7, 11) is 0. The van der Waals surface area contributed by atoms with Crippen LogP contribution in [0.25, 0.3) is 11.3 Å². The molecule has 0 aliphatic carbocycles. The lowest BCUT2D eigenvalue weighted by atomic mass is 10.1. The molecule has 3 rings (SSSR count). The highest BCUT2D eigenvalue weighted by molar-refractivity contribution is 5.99. The van der Waals surface area contributed by atoms with Crippen LogP contribution in [-0.4, -0.2) is 22.2 Å². The van der Waals surface area contributed by atoms with E-state index in [1.807, 2.05) is 60.7 Å². The van der Waals surface area contributed by atoms with Gasteiger partial charge in [0, 0.05) is 11.8 Å². The van der Waals surface area contributed by atoms with Crippen molar-refractivity contribution in [2.75, 3.05) is 6.54 Å². The van der Waals surface area contributed by atoms with E-state index in [0.717, 1.165) is 11.1 Å². The Morgan fingerprint density at radius 2 is 1.75 bits per heavy atom. The van der Waals surface area contributed by atoms with Crippen LogP contribution in [0.15, 0.2) is 66.9 Å². The van der Waals surface area contributed by atoms with Crippen molar-refractivity contribution in [3.8, 4) is 23.6 Å². The van der Waals surface area contributed by atoms with Crippen LogP contribution in [-0.2, 0) is 6.54 Å². The van der Waals surface area contributed by atoms with Gasteiger partial charge in [-0.15, -0.1) is 6.42 Å². The fraction of sp³-hybridized carbons (Fsp3) is 0.100. The highest BCUT2D eigenvalue weighted by Crippen LogP contribution is 2.22. The Hall–Kier alpha value is -3.32. The number of hydrogen-bond donors (Lipinski definition) is 1. The molecule has 4 heteroatoms. The van der Waals surface area contributed by atoms with Gasteiger partial charge in [0.1, 0.15) is 5.69 Å². The molecule has 0 radical (unpaired) electrons. The first-order valence-corrected chi connectivity index (χ1v) is 7.66. The van der Waals surface area contributed by atoms with Crippen LogP contribution in [0.4, 0.5) is 0 Å². The maximum atomic E-state index is 12.4. The number of nitrogens with zero attached hydrogens (tertiary/aromatic N) is 2. The van der Waals surface area contributed by atoms with Gasteiger partial charge in [0.05, 0.1) is 18.7 Å². The largest absolute Gasteiger partial charge is 0.341 e. The molecule has 118 valence electrons. The number of carbonyl (C=O) groups excluding carboxylic acids is 1. The van der Waals surface area contributed by atoms with E-state index in [4.69, 9.17) is 6.42 Å². The van der Waals surface area contributed by atoms with Crippen LogP contribution >= 0.6 is 0 Å². The Labute approximate surface area is 141 Å². The van der Waals surface area contributed by atoms with Crippen molar-refractivity contribution in [2.24, 2.45) is 0 Å². The predicted octanol–water partition coefficient (Wildman–Crippen LogP) is 2.96. The first kappa shape index (κ1) is 15.6. The highest BCUT2D eigenvalue weighted by atomic mass is 16.1. The van der Waals surface area contributed by atoms with Crippen LogP contribution in [0.1, 0.15) is 15.9 Å². The van der Waals surface area contributed by atoms with Crippen LogP contribution < -0.4 is 5.32 Å². The Morgan fingerprint density at radius 1 is 1.08 bits per heavy atom. The minimum absolute atomic E-state index is 0.191. The zero-order valence-corrected chi connectivity index (χ0v) is 13.1. The molecule has 0 atom stereocenters. The summed E-state index contributed by atoms with van der Waals surface area (Å²) in [6.07, 6.45) is 6.99. The number of terminal acetylenes is 1. The Balaban J connectivity index is 1.96. The fourth-order valence-electron chi connectivity index (χ4n) is 2.47. The van der Waals surface area contributed by atoms with Crippen molar-refractivity contribution in [1.29, 1.82) is 0 Å². The van der Waals surface area contributed by atoms with Crippen LogP contribution in [0.5, 0.6) is 0 Å². The molecule has 4 nitrogen and oxygen atoms in total. The predicted molar refractivity (Wildman–Crippen MR) is 94.4 cm³/mol. The van der Waals surface area contributed by atoms with Gasteiger partial charge in [-0.1, -0.05) is 66.6 Å². The van der Waals surface area contributed by atoms with E-state index in [2.05, 4.69) is 16.3 Å². The molecule has 0 saturated heterocycles. The van der Waals surface area contributed by atoms with Crippen LogP contribution in [0, 0.1) is 12.3 Å². The Kier molecular flexibility index (Phi) is 4.73. The van der Waals surface area contributed by atoms with Gasteiger partial charge in [-0.05, 0) is 5.56 Å². The molecule has 0 saturated carbocycles. The topological polar surface area (TPSA) is 46.9 Å². The number of carbonyl (C=O) groups is 1. The fourth-order valence-corrected chi connectivity index (χ4v) is 2.47. The first-order valence-electron chi connectivity index (χ1n) is 7.66. The highest BCUT2D eigenvalue weighted by Gasteiger charge is 2.17. The molecule has 0 bridgehead atoms. The second-order valence-corrected chi connectivity index (χ2v) is 5.33. The van der Waals surface area contributed by atoms with Crippen LogP contribution in [0.2, 0.25) is 0 Å². The maximum absolute atomic E-state index is 12.4. The molecule has 1 N–H and O–H groups in total. The first-order chi connectivity index (χ1) is 11.8. The number of benzene rings is 2. The molecule has 0 unspecified atom stereocenters. The van der Waals surface area contributed by atoms with Crippen molar-refractivity contribution in [3.05, 3.63) is 78.0 Å². The van der Waals surface area contributed by atoms with Crippen molar-refractivity contribution in [2.45, 2.75) is 6.54 Å². The number of amides is 1. The summed E-state index contributed by atoms with van der Waals surface area (Å²) in [5, 5.41) is 7.32. The summed E-state index contributed by atoms with van der Waals surface area (Å²) < 4.78 is 1.78. The standard InChI is InChI=1S/C20H17N3O/c1-2-13-21-20(24)18-15-23(14-16-9-5-3-6-10-16)22-19(18)17-11-7-4-8-12-17/h1,3-12,15H,13-14H2,(H,21,24).